The molecule has 0 unspecified atom stereocenters. The van der Waals surface area contributed by atoms with E-state index >= 15 is 0 Å². The van der Waals surface area contributed by atoms with Crippen molar-refractivity contribution in [2.24, 2.45) is 5.92 Å². The van der Waals surface area contributed by atoms with Crippen LogP contribution in [0.5, 0.6) is 0 Å². The van der Waals surface area contributed by atoms with Crippen LogP contribution in [0, 0.1) is 5.92 Å². The van der Waals surface area contributed by atoms with Crippen molar-refractivity contribution in [1.29, 1.82) is 0 Å². The molecular weight excluding hydrogens is 324 g/mol. The Morgan fingerprint density at radius 3 is 2.58 bits per heavy atom. The first-order valence-electron chi connectivity index (χ1n) is 9.39. The highest BCUT2D eigenvalue weighted by Crippen LogP contribution is 2.31. The lowest BCUT2D eigenvalue weighted by Crippen LogP contribution is -2.36. The Kier molecular flexibility index (Phi) is 4.49. The number of carbonyl (C=O) groups excluding carboxylic acids is 2. The lowest BCUT2D eigenvalue weighted by Gasteiger charge is -2.30. The molecule has 0 aromatic heterocycles. The van der Waals surface area contributed by atoms with Crippen LogP contribution >= 0.6 is 0 Å². The summed E-state index contributed by atoms with van der Waals surface area (Å²) in [7, 11) is 1.88. The normalized spacial score (nSPS) is 16.1. The molecule has 1 fully saturated rings. The maximum Gasteiger partial charge on any atom is 0.258 e. The van der Waals surface area contributed by atoms with Crippen molar-refractivity contribution < 1.29 is 9.59 Å². The summed E-state index contributed by atoms with van der Waals surface area (Å²) in [5.41, 5.74) is 3.45. The van der Waals surface area contributed by atoms with Gasteiger partial charge in [-0.15, -0.1) is 0 Å². The van der Waals surface area contributed by atoms with Crippen LogP contribution in [0.4, 0.5) is 5.69 Å². The van der Waals surface area contributed by atoms with Crippen molar-refractivity contribution in [3.8, 4) is 0 Å². The highest BCUT2D eigenvalue weighted by atomic mass is 16.2. The molecular formula is C22H24N2O2. The first-order valence-corrected chi connectivity index (χ1v) is 9.39. The predicted octanol–water partition coefficient (Wildman–Crippen LogP) is 3.76. The maximum absolute atomic E-state index is 12.9. The summed E-state index contributed by atoms with van der Waals surface area (Å²) in [5, 5.41) is 0. The second-order valence-electron chi connectivity index (χ2n) is 7.40. The molecule has 0 saturated heterocycles. The van der Waals surface area contributed by atoms with E-state index < -0.39 is 0 Å². The molecule has 0 radical (unpaired) electrons. The topological polar surface area (TPSA) is 40.6 Å². The summed E-state index contributed by atoms with van der Waals surface area (Å²) in [6.07, 6.45) is 4.29. The van der Waals surface area contributed by atoms with Crippen LogP contribution in [0.25, 0.3) is 0 Å². The standard InChI is InChI=1S/C22H24N2O2/c1-23(15-16-9-10-16)21(25)19-11-12-20-18(14-19)8-5-13-24(20)22(26)17-6-3-2-4-7-17/h2-4,6-7,11-12,14,16H,5,8-10,13,15H2,1H3. The van der Waals surface area contributed by atoms with Gasteiger partial charge in [0.25, 0.3) is 11.8 Å². The number of nitrogens with zero attached hydrogens (tertiary/aromatic N) is 2. The monoisotopic (exact) mass is 348 g/mol. The first kappa shape index (κ1) is 16.8. The Morgan fingerprint density at radius 1 is 1.08 bits per heavy atom. The van der Waals surface area contributed by atoms with Crippen molar-refractivity contribution in [2.75, 3.05) is 25.0 Å². The highest BCUT2D eigenvalue weighted by molar-refractivity contribution is 6.07. The number of aryl methyl sites for hydroxylation is 1. The van der Waals surface area contributed by atoms with Crippen LogP contribution in [0.2, 0.25) is 0 Å². The van der Waals surface area contributed by atoms with Gasteiger partial charge in [0.1, 0.15) is 0 Å². The van der Waals surface area contributed by atoms with Crippen LogP contribution in [0.15, 0.2) is 48.5 Å². The molecule has 4 heteroatoms. The van der Waals surface area contributed by atoms with E-state index in [1.807, 2.05) is 65.4 Å². The average molecular weight is 348 g/mol. The molecule has 4 rings (SSSR count). The number of benzene rings is 2. The van der Waals surface area contributed by atoms with Gasteiger partial charge in [-0.3, -0.25) is 9.59 Å². The summed E-state index contributed by atoms with van der Waals surface area (Å²) in [4.78, 5) is 29.2. The Labute approximate surface area is 154 Å². The van der Waals surface area contributed by atoms with Crippen LogP contribution in [-0.2, 0) is 6.42 Å². The first-order chi connectivity index (χ1) is 12.6. The Balaban J connectivity index is 1.57. The number of anilines is 1. The summed E-state index contributed by atoms with van der Waals surface area (Å²) >= 11 is 0. The molecule has 0 N–H and O–H groups in total. The van der Waals surface area contributed by atoms with Gasteiger partial charge in [-0.25, -0.2) is 0 Å². The van der Waals surface area contributed by atoms with Gasteiger partial charge in [-0.2, -0.15) is 0 Å². The van der Waals surface area contributed by atoms with E-state index in [0.29, 0.717) is 11.5 Å². The zero-order chi connectivity index (χ0) is 18.1. The van der Waals surface area contributed by atoms with Gasteiger partial charge >= 0.3 is 0 Å². The van der Waals surface area contributed by atoms with Crippen LogP contribution in [-0.4, -0.2) is 36.9 Å². The lowest BCUT2D eigenvalue weighted by atomic mass is 9.98. The molecule has 1 saturated carbocycles. The predicted molar refractivity (Wildman–Crippen MR) is 103 cm³/mol. The van der Waals surface area contributed by atoms with E-state index in [9.17, 15) is 9.59 Å². The number of rotatable bonds is 4. The highest BCUT2D eigenvalue weighted by Gasteiger charge is 2.27. The molecule has 0 bridgehead atoms. The number of hydrogen-bond acceptors (Lipinski definition) is 2. The molecule has 2 amide bonds. The number of hydrogen-bond donors (Lipinski definition) is 0. The molecule has 134 valence electrons. The second kappa shape index (κ2) is 6.94. The van der Waals surface area contributed by atoms with Gasteiger partial charge in [0.05, 0.1) is 0 Å². The summed E-state index contributed by atoms with van der Waals surface area (Å²) in [6.45, 7) is 1.56. The van der Waals surface area contributed by atoms with E-state index in [1.54, 1.807) is 0 Å². The Morgan fingerprint density at radius 2 is 1.85 bits per heavy atom. The fourth-order valence-corrected chi connectivity index (χ4v) is 3.67. The molecule has 1 aliphatic heterocycles. The SMILES string of the molecule is CN(CC1CC1)C(=O)c1ccc2c(c1)CCCN2C(=O)c1ccccc1. The van der Waals surface area contributed by atoms with Crippen molar-refractivity contribution in [2.45, 2.75) is 25.7 Å². The molecule has 1 heterocycles. The Bertz CT molecular complexity index is 827. The molecule has 4 nitrogen and oxygen atoms in total. The van der Waals surface area contributed by atoms with Gasteiger partial charge in [-0.05, 0) is 67.5 Å². The zero-order valence-electron chi connectivity index (χ0n) is 15.1. The summed E-state index contributed by atoms with van der Waals surface area (Å²) in [6, 6.07) is 15.2. The third-order valence-electron chi connectivity index (χ3n) is 5.29. The third kappa shape index (κ3) is 3.36. The van der Waals surface area contributed by atoms with E-state index in [2.05, 4.69) is 0 Å². The van der Waals surface area contributed by atoms with Crippen LogP contribution < -0.4 is 4.90 Å². The van der Waals surface area contributed by atoms with Gasteiger partial charge in [0, 0.05) is 37.0 Å². The fraction of sp³-hybridized carbons (Fsp3) is 0.364. The molecule has 2 aromatic rings. The summed E-state index contributed by atoms with van der Waals surface area (Å²) in [5.74, 6) is 0.781. The van der Waals surface area contributed by atoms with Crippen molar-refractivity contribution in [3.63, 3.8) is 0 Å². The third-order valence-corrected chi connectivity index (χ3v) is 5.29. The van der Waals surface area contributed by atoms with Crippen molar-refractivity contribution in [3.05, 3.63) is 65.2 Å². The molecule has 1 aliphatic carbocycles. The minimum absolute atomic E-state index is 0.0245. The van der Waals surface area contributed by atoms with Crippen molar-refractivity contribution >= 4 is 17.5 Å². The van der Waals surface area contributed by atoms with E-state index in [0.717, 1.165) is 42.7 Å². The van der Waals surface area contributed by atoms with Crippen molar-refractivity contribution in [1.82, 2.24) is 4.90 Å². The van der Waals surface area contributed by atoms with E-state index in [-0.39, 0.29) is 11.8 Å². The quantitative estimate of drug-likeness (QED) is 0.844. The number of carbonyl (C=O) groups is 2. The zero-order valence-corrected chi connectivity index (χ0v) is 15.1. The van der Waals surface area contributed by atoms with Gasteiger partial charge in [0.15, 0.2) is 0 Å². The summed E-state index contributed by atoms with van der Waals surface area (Å²) < 4.78 is 0. The van der Waals surface area contributed by atoms with E-state index in [4.69, 9.17) is 0 Å². The van der Waals surface area contributed by atoms with Gasteiger partial charge < -0.3 is 9.80 Å². The lowest BCUT2D eigenvalue weighted by molar-refractivity contribution is 0.0788. The molecule has 0 atom stereocenters. The second-order valence-corrected chi connectivity index (χ2v) is 7.40. The molecule has 2 aromatic carbocycles. The molecule has 2 aliphatic rings. The number of amides is 2. The maximum atomic E-state index is 12.9. The van der Waals surface area contributed by atoms with E-state index in [1.165, 1.54) is 12.8 Å². The molecule has 0 spiro atoms. The fourth-order valence-electron chi connectivity index (χ4n) is 3.67. The Hall–Kier alpha value is -2.62. The minimum atomic E-state index is 0.0245. The van der Waals surface area contributed by atoms with Gasteiger partial charge in [-0.1, -0.05) is 18.2 Å². The largest absolute Gasteiger partial charge is 0.341 e. The average Bonchev–Trinajstić information content (AvgIpc) is 3.50. The van der Waals surface area contributed by atoms with Crippen LogP contribution in [0.3, 0.4) is 0 Å². The van der Waals surface area contributed by atoms with Crippen LogP contribution in [0.1, 0.15) is 45.5 Å². The number of fused-ring (bicyclic) bond motifs is 1. The smallest absolute Gasteiger partial charge is 0.258 e. The minimum Gasteiger partial charge on any atom is -0.341 e. The van der Waals surface area contributed by atoms with Gasteiger partial charge in [0.2, 0.25) is 0 Å². The molecule has 26 heavy (non-hydrogen) atoms.